The van der Waals surface area contributed by atoms with E-state index >= 15 is 0 Å². The summed E-state index contributed by atoms with van der Waals surface area (Å²) in [6, 6.07) is 19.0. The number of hydrogen-bond acceptors (Lipinski definition) is 4. The second-order valence-corrected chi connectivity index (χ2v) is 9.54. The fraction of sp³-hybridized carbons (Fsp3) is 0.200. The molecule has 0 saturated heterocycles. The number of sulfonamides is 1. The van der Waals surface area contributed by atoms with Crippen molar-refractivity contribution in [3.8, 4) is 0 Å². The van der Waals surface area contributed by atoms with Gasteiger partial charge in [0.1, 0.15) is 12.4 Å². The van der Waals surface area contributed by atoms with E-state index in [-0.39, 0.29) is 33.8 Å². The average molecular weight is 484 g/mol. The first-order valence-electron chi connectivity index (χ1n) is 10.8. The minimum absolute atomic E-state index is 0.0503. The molecule has 0 aliphatic carbocycles. The number of nitrogens with one attached hydrogen (secondary N) is 2. The van der Waals surface area contributed by atoms with Gasteiger partial charge in [0.25, 0.3) is 15.9 Å². The van der Waals surface area contributed by atoms with E-state index in [0.29, 0.717) is 0 Å². The summed E-state index contributed by atoms with van der Waals surface area (Å²) in [5.41, 5.74) is 0.800. The van der Waals surface area contributed by atoms with Gasteiger partial charge in [0.2, 0.25) is 5.91 Å². The molecule has 2 amide bonds. The normalized spacial score (nSPS) is 12.0. The van der Waals surface area contributed by atoms with Crippen LogP contribution in [0.1, 0.15) is 30.6 Å². The van der Waals surface area contributed by atoms with Crippen LogP contribution in [0.4, 0.5) is 15.8 Å². The van der Waals surface area contributed by atoms with Crippen LogP contribution in [-0.4, -0.2) is 32.8 Å². The molecule has 3 aromatic rings. The predicted molar refractivity (Wildman–Crippen MR) is 130 cm³/mol. The van der Waals surface area contributed by atoms with Gasteiger partial charge in [0, 0.05) is 6.04 Å². The lowest BCUT2D eigenvalue weighted by Gasteiger charge is -2.24. The summed E-state index contributed by atoms with van der Waals surface area (Å²) in [5, 5.41) is 5.50. The van der Waals surface area contributed by atoms with Gasteiger partial charge >= 0.3 is 0 Å². The molecule has 178 valence electrons. The van der Waals surface area contributed by atoms with Crippen molar-refractivity contribution in [2.24, 2.45) is 0 Å². The Kier molecular flexibility index (Phi) is 8.01. The van der Waals surface area contributed by atoms with Gasteiger partial charge in [0.05, 0.1) is 21.8 Å². The highest BCUT2D eigenvalue weighted by Gasteiger charge is 2.27. The third-order valence-corrected chi connectivity index (χ3v) is 6.96. The van der Waals surface area contributed by atoms with Gasteiger partial charge in [0.15, 0.2) is 0 Å². The van der Waals surface area contributed by atoms with Gasteiger partial charge in [-0.3, -0.25) is 13.9 Å². The first-order chi connectivity index (χ1) is 16.2. The van der Waals surface area contributed by atoms with Crippen molar-refractivity contribution >= 4 is 33.2 Å². The number of anilines is 2. The lowest BCUT2D eigenvalue weighted by Crippen LogP contribution is -2.38. The monoisotopic (exact) mass is 483 g/mol. The molecule has 0 fully saturated rings. The fourth-order valence-electron chi connectivity index (χ4n) is 3.16. The molecule has 9 heteroatoms. The second-order valence-electron chi connectivity index (χ2n) is 7.68. The molecule has 0 aromatic heterocycles. The highest BCUT2D eigenvalue weighted by molar-refractivity contribution is 7.92. The van der Waals surface area contributed by atoms with Crippen LogP contribution in [0.5, 0.6) is 0 Å². The van der Waals surface area contributed by atoms with Gasteiger partial charge in [-0.05, 0) is 61.9 Å². The molecule has 0 aliphatic rings. The standard InChI is InChI=1S/C25H26FN3O4S/c1-3-18(2)27-25(31)22-11-7-8-12-23(22)28-24(30)17-29(20-9-5-4-6-10-20)34(32,33)21-15-13-19(26)14-16-21/h4-16,18H,3,17H2,1-2H3,(H,27,31)(H,28,30)/t18-/m0/s1. The van der Waals surface area contributed by atoms with E-state index in [2.05, 4.69) is 10.6 Å². The SMILES string of the molecule is CC[C@H](C)NC(=O)c1ccccc1NC(=O)CN(c1ccccc1)S(=O)(=O)c1ccc(F)cc1. The summed E-state index contributed by atoms with van der Waals surface area (Å²) in [4.78, 5) is 25.5. The molecule has 0 spiro atoms. The van der Waals surface area contributed by atoms with Crippen LogP contribution in [0.15, 0.2) is 83.8 Å². The summed E-state index contributed by atoms with van der Waals surface area (Å²) >= 11 is 0. The van der Waals surface area contributed by atoms with Crippen molar-refractivity contribution in [1.82, 2.24) is 5.32 Å². The Morgan fingerprint density at radius 3 is 2.21 bits per heavy atom. The fourth-order valence-corrected chi connectivity index (χ4v) is 4.58. The lowest BCUT2D eigenvalue weighted by atomic mass is 10.1. The Labute approximate surface area is 198 Å². The molecule has 3 aromatic carbocycles. The average Bonchev–Trinajstić information content (AvgIpc) is 2.83. The number of halogens is 1. The summed E-state index contributed by atoms with van der Waals surface area (Å²) < 4.78 is 40.9. The Morgan fingerprint density at radius 1 is 0.941 bits per heavy atom. The van der Waals surface area contributed by atoms with E-state index in [9.17, 15) is 22.4 Å². The minimum atomic E-state index is -4.18. The maximum Gasteiger partial charge on any atom is 0.264 e. The highest BCUT2D eigenvalue weighted by Crippen LogP contribution is 2.24. The molecule has 0 saturated carbocycles. The van der Waals surface area contributed by atoms with Gasteiger partial charge in [-0.15, -0.1) is 0 Å². The van der Waals surface area contributed by atoms with E-state index in [4.69, 9.17) is 0 Å². The van der Waals surface area contributed by atoms with Crippen LogP contribution >= 0.6 is 0 Å². The molecule has 7 nitrogen and oxygen atoms in total. The van der Waals surface area contributed by atoms with Crippen LogP contribution in [-0.2, 0) is 14.8 Å². The van der Waals surface area contributed by atoms with Crippen molar-refractivity contribution in [2.75, 3.05) is 16.2 Å². The number of hydrogen-bond donors (Lipinski definition) is 2. The highest BCUT2D eigenvalue weighted by atomic mass is 32.2. The molecule has 3 rings (SSSR count). The third kappa shape index (κ3) is 5.99. The molecule has 1 atom stereocenters. The summed E-state index contributed by atoms with van der Waals surface area (Å²) in [6.45, 7) is 3.26. The van der Waals surface area contributed by atoms with Gasteiger partial charge in [-0.1, -0.05) is 37.3 Å². The first-order valence-corrected chi connectivity index (χ1v) is 12.2. The topological polar surface area (TPSA) is 95.6 Å². The minimum Gasteiger partial charge on any atom is -0.350 e. The van der Waals surface area contributed by atoms with Crippen LogP contribution in [0, 0.1) is 5.82 Å². The molecular formula is C25H26FN3O4S. The smallest absolute Gasteiger partial charge is 0.264 e. The van der Waals surface area contributed by atoms with Crippen LogP contribution in [0.25, 0.3) is 0 Å². The summed E-state index contributed by atoms with van der Waals surface area (Å²) in [5.74, 6) is -1.56. The first kappa shape index (κ1) is 24.9. The van der Waals surface area contributed by atoms with Crippen molar-refractivity contribution in [3.05, 3.63) is 90.2 Å². The quantitative estimate of drug-likeness (QED) is 0.477. The van der Waals surface area contributed by atoms with Gasteiger partial charge in [-0.25, -0.2) is 12.8 Å². The Bertz CT molecular complexity index is 1250. The maximum absolute atomic E-state index is 13.4. The Balaban J connectivity index is 1.88. The third-order valence-electron chi connectivity index (χ3n) is 5.17. The van der Waals surface area contributed by atoms with Crippen LogP contribution < -0.4 is 14.9 Å². The molecule has 0 radical (unpaired) electrons. The van der Waals surface area contributed by atoms with Crippen molar-refractivity contribution in [2.45, 2.75) is 31.2 Å². The molecule has 0 heterocycles. The van der Waals surface area contributed by atoms with Crippen molar-refractivity contribution < 1.29 is 22.4 Å². The van der Waals surface area contributed by atoms with Gasteiger partial charge < -0.3 is 10.6 Å². The molecule has 0 aliphatic heterocycles. The van der Waals surface area contributed by atoms with Gasteiger partial charge in [-0.2, -0.15) is 0 Å². The van der Waals surface area contributed by atoms with E-state index < -0.39 is 28.3 Å². The van der Waals surface area contributed by atoms with Crippen molar-refractivity contribution in [1.29, 1.82) is 0 Å². The van der Waals surface area contributed by atoms with Crippen LogP contribution in [0.3, 0.4) is 0 Å². The molecule has 0 bridgehead atoms. The zero-order valence-electron chi connectivity index (χ0n) is 18.9. The number of benzene rings is 3. The molecule has 34 heavy (non-hydrogen) atoms. The number of rotatable bonds is 9. The number of amides is 2. The van der Waals surface area contributed by atoms with E-state index in [0.717, 1.165) is 35.0 Å². The van der Waals surface area contributed by atoms with E-state index in [1.165, 1.54) is 0 Å². The number of carbonyl (C=O) groups excluding carboxylic acids is 2. The molecule has 0 unspecified atom stereocenters. The summed E-state index contributed by atoms with van der Waals surface area (Å²) in [7, 11) is -4.18. The molecule has 2 N–H and O–H groups in total. The number of nitrogens with zero attached hydrogens (tertiary/aromatic N) is 1. The predicted octanol–water partition coefficient (Wildman–Crippen LogP) is 4.19. The van der Waals surface area contributed by atoms with Crippen molar-refractivity contribution in [3.63, 3.8) is 0 Å². The zero-order chi connectivity index (χ0) is 24.7. The van der Waals surface area contributed by atoms with Crippen LogP contribution in [0.2, 0.25) is 0 Å². The molecular weight excluding hydrogens is 457 g/mol. The Hall–Kier alpha value is -3.72. The number of para-hydroxylation sites is 2. The lowest BCUT2D eigenvalue weighted by molar-refractivity contribution is -0.114. The zero-order valence-corrected chi connectivity index (χ0v) is 19.7. The van der Waals surface area contributed by atoms with E-state index in [1.54, 1.807) is 54.6 Å². The maximum atomic E-state index is 13.4. The summed E-state index contributed by atoms with van der Waals surface area (Å²) in [6.07, 6.45) is 0.744. The Morgan fingerprint density at radius 2 is 1.56 bits per heavy atom. The second kappa shape index (κ2) is 10.9. The number of carbonyl (C=O) groups is 2. The largest absolute Gasteiger partial charge is 0.350 e. The van der Waals surface area contributed by atoms with E-state index in [1.807, 2.05) is 13.8 Å².